The molecule has 0 spiro atoms. The Morgan fingerprint density at radius 1 is 1.00 bits per heavy atom. The lowest BCUT2D eigenvalue weighted by Gasteiger charge is -2.17. The minimum atomic E-state index is -0.191. The second-order valence-electron chi connectivity index (χ2n) is 4.11. The maximum atomic E-state index is 13.7. The number of halogens is 1. The Hall–Kier alpha value is -1.05. The molecule has 0 fully saturated rings. The van der Waals surface area contributed by atoms with Crippen LogP contribution in [0.25, 0.3) is 0 Å². The van der Waals surface area contributed by atoms with Gasteiger partial charge in [0.1, 0.15) is 11.6 Å². The topological polar surface area (TPSA) is 20.2 Å². The molecule has 14 heavy (non-hydrogen) atoms. The fraction of sp³-hybridized carbons (Fsp3) is 0.500. The lowest BCUT2D eigenvalue weighted by molar-refractivity contribution is 0.454. The van der Waals surface area contributed by atoms with Gasteiger partial charge in [-0.1, -0.05) is 13.8 Å². The first kappa shape index (κ1) is 11.0. The van der Waals surface area contributed by atoms with Gasteiger partial charge in [-0.25, -0.2) is 4.39 Å². The molecular weight excluding hydrogens is 179 g/mol. The molecule has 0 aliphatic carbocycles. The predicted octanol–water partition coefficient (Wildman–Crippen LogP) is 3.58. The Labute approximate surface area is 84.6 Å². The number of hydrogen-bond acceptors (Lipinski definition) is 1. The van der Waals surface area contributed by atoms with Crippen LogP contribution in [0.4, 0.5) is 4.39 Å². The first-order valence-electron chi connectivity index (χ1n) is 4.86. The van der Waals surface area contributed by atoms with Gasteiger partial charge in [0.15, 0.2) is 0 Å². The van der Waals surface area contributed by atoms with Gasteiger partial charge in [0.25, 0.3) is 0 Å². The summed E-state index contributed by atoms with van der Waals surface area (Å²) in [6.07, 6.45) is 0. The lowest BCUT2D eigenvalue weighted by Crippen LogP contribution is -2.01. The molecule has 0 radical (unpaired) electrons. The van der Waals surface area contributed by atoms with Crippen LogP contribution in [0.3, 0.4) is 0 Å². The van der Waals surface area contributed by atoms with Crippen molar-refractivity contribution in [3.63, 3.8) is 0 Å². The number of aromatic hydroxyl groups is 1. The molecule has 0 atom stereocenters. The van der Waals surface area contributed by atoms with Crippen LogP contribution in [0.15, 0.2) is 0 Å². The van der Waals surface area contributed by atoms with E-state index in [2.05, 4.69) is 0 Å². The van der Waals surface area contributed by atoms with Gasteiger partial charge in [-0.2, -0.15) is 0 Å². The van der Waals surface area contributed by atoms with Crippen LogP contribution in [-0.2, 0) is 0 Å². The Morgan fingerprint density at radius 3 is 1.93 bits per heavy atom. The Bertz CT molecular complexity index is 338. The summed E-state index contributed by atoms with van der Waals surface area (Å²) in [7, 11) is 0. The molecule has 0 bridgehead atoms. The Morgan fingerprint density at radius 2 is 1.50 bits per heavy atom. The van der Waals surface area contributed by atoms with Crippen molar-refractivity contribution in [1.29, 1.82) is 0 Å². The van der Waals surface area contributed by atoms with Crippen molar-refractivity contribution >= 4 is 0 Å². The summed E-state index contributed by atoms with van der Waals surface area (Å²) in [5.41, 5.74) is 2.49. The van der Waals surface area contributed by atoms with Crippen molar-refractivity contribution in [3.8, 4) is 5.75 Å². The average molecular weight is 196 g/mol. The third-order valence-electron chi connectivity index (χ3n) is 2.81. The van der Waals surface area contributed by atoms with Gasteiger partial charge < -0.3 is 5.11 Å². The van der Waals surface area contributed by atoms with Crippen LogP contribution >= 0.6 is 0 Å². The molecule has 0 saturated heterocycles. The van der Waals surface area contributed by atoms with E-state index < -0.39 is 0 Å². The van der Waals surface area contributed by atoms with E-state index in [0.717, 1.165) is 5.56 Å². The minimum absolute atomic E-state index is 0.142. The lowest BCUT2D eigenvalue weighted by atomic mass is 9.91. The van der Waals surface area contributed by atoms with E-state index in [0.29, 0.717) is 16.7 Å². The molecule has 78 valence electrons. The molecule has 0 aliphatic rings. The molecule has 0 aliphatic heterocycles. The number of phenols is 1. The molecule has 0 amide bonds. The maximum Gasteiger partial charge on any atom is 0.129 e. The Kier molecular flexibility index (Phi) is 2.84. The van der Waals surface area contributed by atoms with Crippen LogP contribution in [0.1, 0.15) is 42.0 Å². The van der Waals surface area contributed by atoms with E-state index in [1.165, 1.54) is 0 Å². The molecular formula is C12H17FO. The minimum Gasteiger partial charge on any atom is -0.507 e. The molecule has 0 saturated carbocycles. The van der Waals surface area contributed by atoms with E-state index in [1.807, 2.05) is 13.8 Å². The molecule has 0 aromatic heterocycles. The second kappa shape index (κ2) is 3.60. The summed E-state index contributed by atoms with van der Waals surface area (Å²) in [6, 6.07) is 0. The summed E-state index contributed by atoms with van der Waals surface area (Å²) in [5, 5.41) is 9.89. The van der Waals surface area contributed by atoms with Crippen LogP contribution in [-0.4, -0.2) is 5.11 Å². The molecule has 0 heterocycles. The molecule has 1 aromatic rings. The third kappa shape index (κ3) is 1.49. The first-order valence-corrected chi connectivity index (χ1v) is 4.86. The highest BCUT2D eigenvalue weighted by Crippen LogP contribution is 2.35. The van der Waals surface area contributed by atoms with Crippen LogP contribution in [0, 0.1) is 26.6 Å². The monoisotopic (exact) mass is 196 g/mol. The van der Waals surface area contributed by atoms with Crippen molar-refractivity contribution in [1.82, 2.24) is 0 Å². The highest BCUT2D eigenvalue weighted by molar-refractivity contribution is 5.50. The fourth-order valence-electron chi connectivity index (χ4n) is 1.83. The SMILES string of the molecule is Cc1c(C)c(F)c(C)c(C(C)C)c1O. The zero-order chi connectivity index (χ0) is 11.0. The predicted molar refractivity (Wildman–Crippen MR) is 56.4 cm³/mol. The van der Waals surface area contributed by atoms with Gasteiger partial charge in [0, 0.05) is 5.56 Å². The Balaban J connectivity index is 3.60. The van der Waals surface area contributed by atoms with Crippen molar-refractivity contribution in [2.75, 3.05) is 0 Å². The maximum absolute atomic E-state index is 13.7. The first-order chi connectivity index (χ1) is 6.37. The quantitative estimate of drug-likeness (QED) is 0.727. The summed E-state index contributed by atoms with van der Waals surface area (Å²) >= 11 is 0. The highest BCUT2D eigenvalue weighted by Gasteiger charge is 2.18. The van der Waals surface area contributed by atoms with Gasteiger partial charge in [0.05, 0.1) is 0 Å². The van der Waals surface area contributed by atoms with E-state index in [-0.39, 0.29) is 17.5 Å². The van der Waals surface area contributed by atoms with E-state index >= 15 is 0 Å². The van der Waals surface area contributed by atoms with Gasteiger partial charge in [0.2, 0.25) is 0 Å². The summed E-state index contributed by atoms with van der Waals surface area (Å²) < 4.78 is 13.7. The van der Waals surface area contributed by atoms with E-state index in [4.69, 9.17) is 0 Å². The normalized spacial score (nSPS) is 11.1. The van der Waals surface area contributed by atoms with Gasteiger partial charge in [-0.15, -0.1) is 0 Å². The largest absolute Gasteiger partial charge is 0.507 e. The van der Waals surface area contributed by atoms with Crippen molar-refractivity contribution in [2.45, 2.75) is 40.5 Å². The van der Waals surface area contributed by atoms with E-state index in [9.17, 15) is 9.50 Å². The molecule has 2 heteroatoms. The van der Waals surface area contributed by atoms with Gasteiger partial charge >= 0.3 is 0 Å². The molecule has 1 aromatic carbocycles. The molecule has 0 unspecified atom stereocenters. The van der Waals surface area contributed by atoms with Crippen molar-refractivity contribution in [3.05, 3.63) is 28.1 Å². The summed E-state index contributed by atoms with van der Waals surface area (Å²) in [6.45, 7) is 9.07. The zero-order valence-electron chi connectivity index (χ0n) is 9.40. The average Bonchev–Trinajstić information content (AvgIpc) is 2.11. The number of phenolic OH excluding ortho intramolecular Hbond substituents is 1. The van der Waals surface area contributed by atoms with Crippen LogP contribution in [0.2, 0.25) is 0 Å². The van der Waals surface area contributed by atoms with Crippen molar-refractivity contribution < 1.29 is 9.50 Å². The zero-order valence-corrected chi connectivity index (χ0v) is 9.40. The van der Waals surface area contributed by atoms with Gasteiger partial charge in [-0.3, -0.25) is 0 Å². The highest BCUT2D eigenvalue weighted by atomic mass is 19.1. The second-order valence-corrected chi connectivity index (χ2v) is 4.11. The number of hydrogen-bond donors (Lipinski definition) is 1. The van der Waals surface area contributed by atoms with Crippen LogP contribution < -0.4 is 0 Å². The van der Waals surface area contributed by atoms with E-state index in [1.54, 1.807) is 20.8 Å². The summed E-state index contributed by atoms with van der Waals surface area (Å²) in [4.78, 5) is 0. The van der Waals surface area contributed by atoms with Gasteiger partial charge in [-0.05, 0) is 43.4 Å². The molecule has 1 rings (SSSR count). The summed E-state index contributed by atoms with van der Waals surface area (Å²) in [5.74, 6) is 0.198. The number of rotatable bonds is 1. The molecule has 1 N–H and O–H groups in total. The third-order valence-corrected chi connectivity index (χ3v) is 2.81. The fourth-order valence-corrected chi connectivity index (χ4v) is 1.83. The van der Waals surface area contributed by atoms with Crippen LogP contribution in [0.5, 0.6) is 5.75 Å². The smallest absolute Gasteiger partial charge is 0.129 e. The van der Waals surface area contributed by atoms with Crippen molar-refractivity contribution in [2.24, 2.45) is 0 Å². The standard InChI is InChI=1S/C12H17FO/c1-6(2)10-9(5)11(13)7(3)8(4)12(10)14/h6,14H,1-5H3. The molecule has 1 nitrogen and oxygen atoms in total. The number of benzene rings is 1.